The van der Waals surface area contributed by atoms with E-state index in [0.29, 0.717) is 23.6 Å². The summed E-state index contributed by atoms with van der Waals surface area (Å²) in [4.78, 5) is 0. The van der Waals surface area contributed by atoms with E-state index >= 15 is 0 Å². The van der Waals surface area contributed by atoms with Crippen molar-refractivity contribution in [2.75, 3.05) is 13.7 Å². The zero-order valence-electron chi connectivity index (χ0n) is 11.3. The maximum Gasteiger partial charge on any atom is 0.127 e. The van der Waals surface area contributed by atoms with Crippen molar-refractivity contribution in [3.8, 4) is 5.75 Å². The molecule has 4 heteroatoms. The first-order valence-corrected chi connectivity index (χ1v) is 6.80. The predicted octanol–water partition coefficient (Wildman–Crippen LogP) is 3.77. The molecule has 2 aromatic carbocycles. The van der Waals surface area contributed by atoms with Gasteiger partial charge in [0, 0.05) is 10.9 Å². The van der Waals surface area contributed by atoms with Crippen LogP contribution in [0.5, 0.6) is 5.75 Å². The topological polar surface area (TPSA) is 35.2 Å². The zero-order chi connectivity index (χ0) is 14.5. The Kier molecular flexibility index (Phi) is 4.99. The summed E-state index contributed by atoms with van der Waals surface area (Å²) in [6.07, 6.45) is 0.514. The lowest BCUT2D eigenvalue weighted by Gasteiger charge is -2.18. The van der Waals surface area contributed by atoms with E-state index in [4.69, 9.17) is 22.1 Å². The summed E-state index contributed by atoms with van der Waals surface area (Å²) < 4.78 is 19.2. The van der Waals surface area contributed by atoms with Crippen molar-refractivity contribution in [1.29, 1.82) is 0 Å². The summed E-state index contributed by atoms with van der Waals surface area (Å²) in [7, 11) is 1.62. The SMILES string of the molecule is COc1ccccc1C(CN)Cc1ccc(Cl)cc1F. The third-order valence-corrected chi connectivity index (χ3v) is 3.58. The number of nitrogens with two attached hydrogens (primary N) is 1. The Bertz CT molecular complexity index is 588. The number of halogens is 2. The highest BCUT2D eigenvalue weighted by molar-refractivity contribution is 6.30. The Morgan fingerprint density at radius 2 is 2.00 bits per heavy atom. The molecule has 0 aliphatic rings. The number of methoxy groups -OCH3 is 1. The number of hydrogen-bond acceptors (Lipinski definition) is 2. The first-order valence-electron chi connectivity index (χ1n) is 6.42. The van der Waals surface area contributed by atoms with Gasteiger partial charge in [-0.15, -0.1) is 0 Å². The Hall–Kier alpha value is -1.58. The molecule has 0 amide bonds. The summed E-state index contributed by atoms with van der Waals surface area (Å²) >= 11 is 5.77. The molecular formula is C16H17ClFNO. The minimum Gasteiger partial charge on any atom is -0.496 e. The molecule has 0 aliphatic heterocycles. The van der Waals surface area contributed by atoms with Gasteiger partial charge in [-0.3, -0.25) is 0 Å². The van der Waals surface area contributed by atoms with Gasteiger partial charge in [-0.1, -0.05) is 35.9 Å². The van der Waals surface area contributed by atoms with Crippen LogP contribution in [0.15, 0.2) is 42.5 Å². The van der Waals surface area contributed by atoms with Gasteiger partial charge in [0.2, 0.25) is 0 Å². The molecule has 0 spiro atoms. The molecule has 0 aromatic heterocycles. The van der Waals surface area contributed by atoms with E-state index < -0.39 is 0 Å². The molecule has 2 N–H and O–H groups in total. The maximum atomic E-state index is 13.9. The molecule has 1 unspecified atom stereocenters. The van der Waals surface area contributed by atoms with Crippen LogP contribution in [0.1, 0.15) is 17.0 Å². The summed E-state index contributed by atoms with van der Waals surface area (Å²) in [6, 6.07) is 12.4. The molecular weight excluding hydrogens is 277 g/mol. The van der Waals surface area contributed by atoms with Crippen LogP contribution in [-0.4, -0.2) is 13.7 Å². The van der Waals surface area contributed by atoms with Crippen LogP contribution in [0.4, 0.5) is 4.39 Å². The van der Waals surface area contributed by atoms with Crippen molar-refractivity contribution < 1.29 is 9.13 Å². The van der Waals surface area contributed by atoms with Crippen molar-refractivity contribution in [2.45, 2.75) is 12.3 Å². The monoisotopic (exact) mass is 293 g/mol. The Morgan fingerprint density at radius 3 is 2.65 bits per heavy atom. The Morgan fingerprint density at radius 1 is 1.25 bits per heavy atom. The van der Waals surface area contributed by atoms with Crippen molar-refractivity contribution in [3.05, 3.63) is 64.4 Å². The van der Waals surface area contributed by atoms with Crippen molar-refractivity contribution in [2.24, 2.45) is 5.73 Å². The maximum absolute atomic E-state index is 13.9. The van der Waals surface area contributed by atoms with E-state index in [9.17, 15) is 4.39 Å². The molecule has 2 nitrogen and oxygen atoms in total. The smallest absolute Gasteiger partial charge is 0.127 e. The number of ether oxygens (including phenoxy) is 1. The van der Waals surface area contributed by atoms with Gasteiger partial charge in [-0.2, -0.15) is 0 Å². The van der Waals surface area contributed by atoms with E-state index in [2.05, 4.69) is 0 Å². The molecule has 0 saturated carbocycles. The van der Waals surface area contributed by atoms with Crippen LogP contribution >= 0.6 is 11.6 Å². The number of para-hydroxylation sites is 1. The molecule has 0 saturated heterocycles. The molecule has 0 bridgehead atoms. The average molecular weight is 294 g/mol. The first kappa shape index (κ1) is 14.8. The van der Waals surface area contributed by atoms with Gasteiger partial charge in [0.25, 0.3) is 0 Å². The Labute approximate surface area is 123 Å². The molecule has 1 atom stereocenters. The normalized spacial score (nSPS) is 12.2. The van der Waals surface area contributed by atoms with Crippen LogP contribution in [-0.2, 0) is 6.42 Å². The summed E-state index contributed by atoms with van der Waals surface area (Å²) in [5.41, 5.74) is 7.45. The van der Waals surface area contributed by atoms with E-state index in [0.717, 1.165) is 11.3 Å². The van der Waals surface area contributed by atoms with E-state index in [1.54, 1.807) is 19.2 Å². The lowest BCUT2D eigenvalue weighted by Crippen LogP contribution is -2.16. The molecule has 0 radical (unpaired) electrons. The summed E-state index contributed by atoms with van der Waals surface area (Å²) in [6.45, 7) is 0.419. The minimum atomic E-state index is -0.300. The molecule has 2 rings (SSSR count). The van der Waals surface area contributed by atoms with Gasteiger partial charge in [0.15, 0.2) is 0 Å². The summed E-state index contributed by atoms with van der Waals surface area (Å²) in [5, 5.41) is 0.396. The molecule has 20 heavy (non-hydrogen) atoms. The predicted molar refractivity (Wildman–Crippen MR) is 79.9 cm³/mol. The van der Waals surface area contributed by atoms with Crippen LogP contribution in [0, 0.1) is 5.82 Å². The second kappa shape index (κ2) is 6.73. The van der Waals surface area contributed by atoms with E-state index in [-0.39, 0.29) is 11.7 Å². The fraction of sp³-hybridized carbons (Fsp3) is 0.250. The van der Waals surface area contributed by atoms with Gasteiger partial charge in [-0.05, 0) is 42.3 Å². The van der Waals surface area contributed by atoms with Crippen molar-refractivity contribution >= 4 is 11.6 Å². The van der Waals surface area contributed by atoms with Gasteiger partial charge >= 0.3 is 0 Å². The zero-order valence-corrected chi connectivity index (χ0v) is 12.0. The quantitative estimate of drug-likeness (QED) is 0.911. The largest absolute Gasteiger partial charge is 0.496 e. The first-order chi connectivity index (χ1) is 9.65. The molecule has 0 aliphatic carbocycles. The highest BCUT2D eigenvalue weighted by Crippen LogP contribution is 2.29. The Balaban J connectivity index is 2.29. The fourth-order valence-corrected chi connectivity index (χ4v) is 2.44. The van der Waals surface area contributed by atoms with Crippen LogP contribution < -0.4 is 10.5 Å². The minimum absolute atomic E-state index is 0.00169. The third kappa shape index (κ3) is 3.30. The second-order valence-electron chi connectivity index (χ2n) is 4.61. The molecule has 106 valence electrons. The van der Waals surface area contributed by atoms with Gasteiger partial charge in [0.1, 0.15) is 11.6 Å². The lowest BCUT2D eigenvalue weighted by atomic mass is 9.91. The van der Waals surface area contributed by atoms with Crippen molar-refractivity contribution in [1.82, 2.24) is 0 Å². The second-order valence-corrected chi connectivity index (χ2v) is 5.05. The number of rotatable bonds is 5. The molecule has 2 aromatic rings. The highest BCUT2D eigenvalue weighted by atomic mass is 35.5. The number of benzene rings is 2. The molecule has 0 heterocycles. The third-order valence-electron chi connectivity index (χ3n) is 3.34. The number of hydrogen-bond donors (Lipinski definition) is 1. The van der Waals surface area contributed by atoms with Gasteiger partial charge in [0.05, 0.1) is 7.11 Å². The van der Waals surface area contributed by atoms with Gasteiger partial charge < -0.3 is 10.5 Å². The molecule has 0 fully saturated rings. The van der Waals surface area contributed by atoms with Crippen LogP contribution in [0.25, 0.3) is 0 Å². The van der Waals surface area contributed by atoms with Crippen LogP contribution in [0.2, 0.25) is 5.02 Å². The summed E-state index contributed by atoms with van der Waals surface area (Å²) in [5.74, 6) is 0.477. The van der Waals surface area contributed by atoms with E-state index in [1.807, 2.05) is 24.3 Å². The van der Waals surface area contributed by atoms with Crippen LogP contribution in [0.3, 0.4) is 0 Å². The standard InChI is InChI=1S/C16H17ClFNO/c1-20-16-5-3-2-4-14(16)12(10-19)8-11-6-7-13(17)9-15(11)18/h2-7,9,12H,8,10,19H2,1H3. The van der Waals surface area contributed by atoms with Gasteiger partial charge in [-0.25, -0.2) is 4.39 Å². The average Bonchev–Trinajstić information content (AvgIpc) is 2.46. The van der Waals surface area contributed by atoms with E-state index in [1.165, 1.54) is 6.07 Å². The highest BCUT2D eigenvalue weighted by Gasteiger charge is 2.17. The van der Waals surface area contributed by atoms with Crippen molar-refractivity contribution in [3.63, 3.8) is 0 Å². The fourth-order valence-electron chi connectivity index (χ4n) is 2.28. The lowest BCUT2D eigenvalue weighted by molar-refractivity contribution is 0.405.